The van der Waals surface area contributed by atoms with Gasteiger partial charge in [-0.05, 0) is 55.7 Å². The van der Waals surface area contributed by atoms with Gasteiger partial charge in [-0.2, -0.15) is 4.31 Å². The van der Waals surface area contributed by atoms with Crippen molar-refractivity contribution in [3.63, 3.8) is 0 Å². The number of nitrogens with zero attached hydrogens (tertiary/aromatic N) is 1. The van der Waals surface area contributed by atoms with Gasteiger partial charge in [-0.3, -0.25) is 9.59 Å². The lowest BCUT2D eigenvalue weighted by Gasteiger charge is -2.34. The smallest absolute Gasteiger partial charge is 0.313 e. The summed E-state index contributed by atoms with van der Waals surface area (Å²) < 4.78 is 54.1. The van der Waals surface area contributed by atoms with Crippen LogP contribution >= 0.6 is 11.6 Å². The summed E-state index contributed by atoms with van der Waals surface area (Å²) in [6.07, 6.45) is 2.49. The van der Waals surface area contributed by atoms with Gasteiger partial charge in [0.05, 0.1) is 10.6 Å². The number of rotatable bonds is 6. The van der Waals surface area contributed by atoms with Crippen LogP contribution in [-0.2, 0) is 19.6 Å². The Hall–Kier alpha value is -2.56. The Morgan fingerprint density at radius 1 is 1.06 bits per heavy atom. The molecule has 0 bridgehead atoms. The Bertz CT molecular complexity index is 1100. The molecule has 0 unspecified atom stereocenters. The number of anilines is 1. The van der Waals surface area contributed by atoms with Gasteiger partial charge in [0.15, 0.2) is 0 Å². The fourth-order valence-electron chi connectivity index (χ4n) is 3.52. The third kappa shape index (κ3) is 5.81. The topological polar surface area (TPSA) is 95.6 Å². The fourth-order valence-corrected chi connectivity index (χ4v) is 5.37. The highest BCUT2D eigenvalue weighted by Gasteiger charge is 2.33. The first-order valence-corrected chi connectivity index (χ1v) is 11.8. The monoisotopic (exact) mass is 485 g/mol. The van der Waals surface area contributed by atoms with E-state index in [2.05, 4.69) is 10.6 Å². The second-order valence-electron chi connectivity index (χ2n) is 7.34. The molecule has 1 atom stereocenters. The summed E-state index contributed by atoms with van der Waals surface area (Å²) in [5, 5.41) is 4.92. The molecule has 7 nitrogen and oxygen atoms in total. The molecule has 1 aliphatic heterocycles. The lowest BCUT2D eigenvalue weighted by atomic mass is 10.0. The maximum absolute atomic E-state index is 13.6. The number of amides is 2. The summed E-state index contributed by atoms with van der Waals surface area (Å²) in [6, 6.07) is 8.13. The van der Waals surface area contributed by atoms with Gasteiger partial charge < -0.3 is 10.6 Å². The van der Waals surface area contributed by atoms with Crippen LogP contribution in [0.15, 0.2) is 47.4 Å². The number of carbonyl (C=O) groups is 2. The van der Waals surface area contributed by atoms with E-state index in [9.17, 15) is 26.8 Å². The van der Waals surface area contributed by atoms with Crippen molar-refractivity contribution in [2.24, 2.45) is 0 Å². The van der Waals surface area contributed by atoms with Crippen LogP contribution in [0.2, 0.25) is 5.02 Å². The third-order valence-electron chi connectivity index (χ3n) is 5.14. The Morgan fingerprint density at radius 3 is 2.47 bits per heavy atom. The first-order chi connectivity index (χ1) is 15.2. The predicted molar refractivity (Wildman–Crippen MR) is 116 cm³/mol. The van der Waals surface area contributed by atoms with Gasteiger partial charge >= 0.3 is 11.8 Å². The van der Waals surface area contributed by atoms with E-state index in [0.717, 1.165) is 25.0 Å². The van der Waals surface area contributed by atoms with Crippen molar-refractivity contribution in [2.75, 3.05) is 18.4 Å². The fraction of sp³-hybridized carbons (Fsp3) is 0.333. The SMILES string of the molecule is O=C(NCC[C@H]1CCCCN1S(=O)(=O)c1ccc(Cl)cc1)C(=O)Nc1ccc(F)cc1F. The van der Waals surface area contributed by atoms with E-state index >= 15 is 0 Å². The van der Waals surface area contributed by atoms with Crippen LogP contribution in [0.1, 0.15) is 25.7 Å². The van der Waals surface area contributed by atoms with Crippen molar-refractivity contribution in [1.82, 2.24) is 9.62 Å². The molecule has 0 aliphatic carbocycles. The number of hydrogen-bond acceptors (Lipinski definition) is 4. The summed E-state index contributed by atoms with van der Waals surface area (Å²) in [5.41, 5.74) is -0.320. The number of nitrogens with one attached hydrogen (secondary N) is 2. The second kappa shape index (κ2) is 10.4. The van der Waals surface area contributed by atoms with Crippen molar-refractivity contribution in [3.8, 4) is 0 Å². The lowest BCUT2D eigenvalue weighted by Crippen LogP contribution is -2.45. The minimum Gasteiger partial charge on any atom is -0.348 e. The second-order valence-corrected chi connectivity index (χ2v) is 9.67. The van der Waals surface area contributed by atoms with E-state index in [0.29, 0.717) is 30.5 Å². The van der Waals surface area contributed by atoms with Crippen molar-refractivity contribution < 1.29 is 26.8 Å². The molecular weight excluding hydrogens is 464 g/mol. The van der Waals surface area contributed by atoms with Crippen LogP contribution in [0.25, 0.3) is 0 Å². The summed E-state index contributed by atoms with van der Waals surface area (Å²) >= 11 is 5.85. The molecular formula is C21H22ClF2N3O4S. The van der Waals surface area contributed by atoms with E-state index in [1.54, 1.807) is 0 Å². The Morgan fingerprint density at radius 2 is 1.78 bits per heavy atom. The van der Waals surface area contributed by atoms with Gasteiger partial charge in [0, 0.05) is 30.2 Å². The zero-order valence-corrected chi connectivity index (χ0v) is 18.6. The average Bonchev–Trinajstić information content (AvgIpc) is 2.76. The van der Waals surface area contributed by atoms with Crippen molar-refractivity contribution in [3.05, 3.63) is 59.1 Å². The van der Waals surface area contributed by atoms with E-state index in [1.807, 2.05) is 0 Å². The molecule has 2 N–H and O–H groups in total. The number of sulfonamides is 1. The van der Waals surface area contributed by atoms with Gasteiger partial charge in [-0.1, -0.05) is 18.0 Å². The van der Waals surface area contributed by atoms with E-state index in [-0.39, 0.29) is 23.2 Å². The molecule has 172 valence electrons. The lowest BCUT2D eigenvalue weighted by molar-refractivity contribution is -0.136. The zero-order chi connectivity index (χ0) is 23.3. The molecule has 0 saturated carbocycles. The Kier molecular flexibility index (Phi) is 7.81. The van der Waals surface area contributed by atoms with Gasteiger partial charge in [0.25, 0.3) is 0 Å². The number of hydrogen-bond donors (Lipinski definition) is 2. The summed E-state index contributed by atoms with van der Waals surface area (Å²) in [4.78, 5) is 24.1. The minimum atomic E-state index is -3.73. The van der Waals surface area contributed by atoms with Crippen LogP contribution in [0.5, 0.6) is 0 Å². The quantitative estimate of drug-likeness (QED) is 0.614. The number of carbonyl (C=O) groups excluding carboxylic acids is 2. The molecule has 0 radical (unpaired) electrons. The van der Waals surface area contributed by atoms with E-state index in [1.165, 1.54) is 28.6 Å². The van der Waals surface area contributed by atoms with Crippen LogP contribution < -0.4 is 10.6 Å². The molecule has 1 aliphatic rings. The maximum Gasteiger partial charge on any atom is 0.313 e. The molecule has 2 amide bonds. The molecule has 3 rings (SSSR count). The largest absolute Gasteiger partial charge is 0.348 e. The normalized spacial score (nSPS) is 17.0. The third-order valence-corrected chi connectivity index (χ3v) is 7.36. The van der Waals surface area contributed by atoms with Crippen molar-refractivity contribution in [2.45, 2.75) is 36.6 Å². The van der Waals surface area contributed by atoms with Crippen LogP contribution in [0.4, 0.5) is 14.5 Å². The highest BCUT2D eigenvalue weighted by molar-refractivity contribution is 7.89. The van der Waals surface area contributed by atoms with E-state index in [4.69, 9.17) is 11.6 Å². The summed E-state index contributed by atoms with van der Waals surface area (Å²) in [7, 11) is -3.73. The molecule has 0 aromatic heterocycles. The van der Waals surface area contributed by atoms with Gasteiger partial charge in [0.1, 0.15) is 11.6 Å². The van der Waals surface area contributed by atoms with Gasteiger partial charge in [-0.15, -0.1) is 0 Å². The number of benzene rings is 2. The molecule has 11 heteroatoms. The standard InChI is InChI=1S/C21H22ClF2N3O4S/c22-14-4-7-17(8-5-14)32(30,31)27-12-2-1-3-16(27)10-11-25-20(28)21(29)26-19-9-6-15(23)13-18(19)24/h4-9,13,16H,1-3,10-12H2,(H,25,28)(H,26,29)/t16-/m1/s1. The van der Waals surface area contributed by atoms with Crippen molar-refractivity contribution >= 4 is 39.1 Å². The maximum atomic E-state index is 13.6. The highest BCUT2D eigenvalue weighted by atomic mass is 35.5. The van der Waals surface area contributed by atoms with Gasteiger partial charge in [-0.25, -0.2) is 17.2 Å². The van der Waals surface area contributed by atoms with Crippen LogP contribution in [0.3, 0.4) is 0 Å². The molecule has 2 aromatic rings. The van der Waals surface area contributed by atoms with Crippen LogP contribution in [0, 0.1) is 11.6 Å². The Balaban J connectivity index is 1.58. The highest BCUT2D eigenvalue weighted by Crippen LogP contribution is 2.27. The molecule has 1 heterocycles. The molecule has 1 saturated heterocycles. The number of halogens is 3. The predicted octanol–water partition coefficient (Wildman–Crippen LogP) is 3.31. The molecule has 32 heavy (non-hydrogen) atoms. The minimum absolute atomic E-state index is 0.0510. The average molecular weight is 486 g/mol. The van der Waals surface area contributed by atoms with Crippen molar-refractivity contribution in [1.29, 1.82) is 0 Å². The number of piperidine rings is 1. The zero-order valence-electron chi connectivity index (χ0n) is 17.0. The first kappa shape index (κ1) is 24.1. The van der Waals surface area contributed by atoms with Crippen LogP contribution in [-0.4, -0.2) is 43.7 Å². The summed E-state index contributed by atoms with van der Waals surface area (Å²) in [5.74, 6) is -3.92. The summed E-state index contributed by atoms with van der Waals surface area (Å²) in [6.45, 7) is 0.406. The molecule has 2 aromatic carbocycles. The molecule has 0 spiro atoms. The Labute approximate surface area is 189 Å². The molecule has 1 fully saturated rings. The van der Waals surface area contributed by atoms with E-state index < -0.39 is 33.5 Å². The van der Waals surface area contributed by atoms with Gasteiger partial charge in [0.2, 0.25) is 10.0 Å². The first-order valence-electron chi connectivity index (χ1n) is 10.00.